The summed E-state index contributed by atoms with van der Waals surface area (Å²) in [6, 6.07) is 8.09. The summed E-state index contributed by atoms with van der Waals surface area (Å²) in [5.74, 6) is -2.13. The Morgan fingerprint density at radius 3 is 2.54 bits per heavy atom. The summed E-state index contributed by atoms with van der Waals surface area (Å²) in [5.41, 5.74) is 5.77. The maximum atomic E-state index is 13.1. The van der Waals surface area contributed by atoms with Crippen molar-refractivity contribution in [3.05, 3.63) is 63.7 Å². The number of imide groups is 2. The van der Waals surface area contributed by atoms with E-state index < -0.39 is 29.7 Å². The fourth-order valence-corrected chi connectivity index (χ4v) is 4.78. The monoisotopic (exact) mass is 504 g/mol. The van der Waals surface area contributed by atoms with Gasteiger partial charge < -0.3 is 10.6 Å². The molecule has 37 heavy (non-hydrogen) atoms. The van der Waals surface area contributed by atoms with Crippen LogP contribution in [0.1, 0.15) is 75.1 Å². The number of rotatable bonds is 9. The molecule has 0 bridgehead atoms. The van der Waals surface area contributed by atoms with Crippen molar-refractivity contribution in [3.63, 3.8) is 0 Å². The van der Waals surface area contributed by atoms with Crippen molar-refractivity contribution >= 4 is 35.2 Å². The molecular formula is C28H32N4O5. The Balaban J connectivity index is 1.27. The quantitative estimate of drug-likeness (QED) is 0.356. The Hall–Kier alpha value is -4.01. The van der Waals surface area contributed by atoms with Crippen LogP contribution in [0.3, 0.4) is 0 Å². The van der Waals surface area contributed by atoms with Crippen LogP contribution in [0.4, 0.5) is 5.69 Å². The zero-order valence-corrected chi connectivity index (χ0v) is 21.4. The number of unbranched alkanes of at least 4 members (excludes halogenated alkanes) is 1. The molecule has 2 heterocycles. The second-order valence-corrected chi connectivity index (χ2v) is 9.63. The second-order valence-electron chi connectivity index (χ2n) is 9.63. The van der Waals surface area contributed by atoms with Crippen LogP contribution in [0.5, 0.6) is 0 Å². The van der Waals surface area contributed by atoms with Crippen LogP contribution in [0.25, 0.3) is 0 Å². The van der Waals surface area contributed by atoms with Crippen LogP contribution in [0.2, 0.25) is 0 Å². The number of hydrogen-bond acceptors (Lipinski definition) is 6. The smallest absolute Gasteiger partial charge is 0.264 e. The van der Waals surface area contributed by atoms with Crippen LogP contribution >= 0.6 is 0 Å². The average Bonchev–Trinajstić information content (AvgIpc) is 3.12. The van der Waals surface area contributed by atoms with Gasteiger partial charge in [-0.1, -0.05) is 18.2 Å². The molecule has 2 aliphatic heterocycles. The molecule has 1 fully saturated rings. The number of carbonyl (C=O) groups is 5. The molecule has 0 radical (unpaired) electrons. The van der Waals surface area contributed by atoms with Gasteiger partial charge in [0.15, 0.2) is 0 Å². The van der Waals surface area contributed by atoms with Gasteiger partial charge in [-0.05, 0) is 74.4 Å². The highest BCUT2D eigenvalue weighted by Crippen LogP contribution is 2.32. The molecule has 4 rings (SSSR count). The van der Waals surface area contributed by atoms with Crippen molar-refractivity contribution in [1.82, 2.24) is 15.5 Å². The third-order valence-electron chi connectivity index (χ3n) is 7.26. The fourth-order valence-electron chi connectivity index (χ4n) is 4.78. The molecule has 2 aliphatic rings. The van der Waals surface area contributed by atoms with Gasteiger partial charge in [0, 0.05) is 31.6 Å². The van der Waals surface area contributed by atoms with Gasteiger partial charge in [0.2, 0.25) is 17.7 Å². The van der Waals surface area contributed by atoms with Gasteiger partial charge in [0.05, 0.1) is 11.1 Å². The first-order chi connectivity index (χ1) is 17.7. The Morgan fingerprint density at radius 2 is 1.78 bits per heavy atom. The third kappa shape index (κ3) is 5.40. The molecule has 0 aromatic heterocycles. The van der Waals surface area contributed by atoms with E-state index in [1.807, 2.05) is 6.07 Å². The maximum Gasteiger partial charge on any atom is 0.264 e. The highest BCUT2D eigenvalue weighted by molar-refractivity contribution is 6.25. The van der Waals surface area contributed by atoms with Crippen molar-refractivity contribution in [3.8, 4) is 0 Å². The van der Waals surface area contributed by atoms with E-state index in [0.717, 1.165) is 10.5 Å². The minimum absolute atomic E-state index is 0.0149. The Morgan fingerprint density at radius 1 is 1.00 bits per heavy atom. The third-order valence-corrected chi connectivity index (χ3v) is 7.26. The number of hydrogen-bond donors (Lipinski definition) is 3. The molecular weight excluding hydrogens is 472 g/mol. The highest BCUT2D eigenvalue weighted by atomic mass is 16.2. The SMILES string of the molecule is Cc1ccc(CNC(=O)CCCCNc2cccc3c2C(=O)N(C2CCC(=O)NC2=O)C3=O)c(C)c1C. The van der Waals surface area contributed by atoms with Crippen molar-refractivity contribution < 1.29 is 24.0 Å². The van der Waals surface area contributed by atoms with Crippen LogP contribution < -0.4 is 16.0 Å². The normalized spacial score (nSPS) is 17.1. The summed E-state index contributed by atoms with van der Waals surface area (Å²) in [7, 11) is 0. The Labute approximate surface area is 216 Å². The van der Waals surface area contributed by atoms with Gasteiger partial charge in [0.25, 0.3) is 11.8 Å². The van der Waals surface area contributed by atoms with Gasteiger partial charge in [-0.15, -0.1) is 0 Å². The molecule has 0 aliphatic carbocycles. The molecule has 2 aromatic carbocycles. The number of carbonyl (C=O) groups excluding carboxylic acids is 5. The van der Waals surface area contributed by atoms with Crippen LogP contribution in [0.15, 0.2) is 30.3 Å². The molecule has 0 spiro atoms. The molecule has 1 unspecified atom stereocenters. The predicted octanol–water partition coefficient (Wildman–Crippen LogP) is 2.91. The zero-order valence-electron chi connectivity index (χ0n) is 21.4. The van der Waals surface area contributed by atoms with E-state index in [4.69, 9.17) is 0 Å². The van der Waals surface area contributed by atoms with Gasteiger partial charge in [0.1, 0.15) is 6.04 Å². The molecule has 1 saturated heterocycles. The number of fused-ring (bicyclic) bond motifs is 1. The topological polar surface area (TPSA) is 125 Å². The summed E-state index contributed by atoms with van der Waals surface area (Å²) in [6.45, 7) is 7.24. The number of amides is 5. The molecule has 9 heteroatoms. The van der Waals surface area contributed by atoms with Gasteiger partial charge >= 0.3 is 0 Å². The van der Waals surface area contributed by atoms with E-state index >= 15 is 0 Å². The van der Waals surface area contributed by atoms with E-state index in [2.05, 4.69) is 42.8 Å². The molecule has 2 aromatic rings. The van der Waals surface area contributed by atoms with Crippen molar-refractivity contribution in [2.45, 2.75) is 65.5 Å². The number of nitrogens with one attached hydrogen (secondary N) is 3. The predicted molar refractivity (Wildman–Crippen MR) is 138 cm³/mol. The lowest BCUT2D eigenvalue weighted by Gasteiger charge is -2.27. The highest BCUT2D eigenvalue weighted by Gasteiger charge is 2.45. The average molecular weight is 505 g/mol. The molecule has 9 nitrogen and oxygen atoms in total. The van der Waals surface area contributed by atoms with Gasteiger partial charge in [-0.2, -0.15) is 0 Å². The molecule has 5 amide bonds. The first kappa shape index (κ1) is 26.1. The van der Waals surface area contributed by atoms with Gasteiger partial charge in [-0.3, -0.25) is 34.2 Å². The van der Waals surface area contributed by atoms with Crippen LogP contribution in [-0.2, 0) is 20.9 Å². The van der Waals surface area contributed by atoms with E-state index in [0.29, 0.717) is 38.0 Å². The fraction of sp³-hybridized carbons (Fsp3) is 0.393. The number of piperidine rings is 1. The number of nitrogens with zero attached hydrogens (tertiary/aromatic N) is 1. The van der Waals surface area contributed by atoms with Crippen molar-refractivity contribution in [2.24, 2.45) is 0 Å². The first-order valence-corrected chi connectivity index (χ1v) is 12.6. The standard InChI is InChI=1S/C28H32N4O5/c1-16-10-11-19(18(3)17(16)2)15-30-23(33)9-4-5-14-29-21-8-6-7-20-25(21)28(37)32(27(20)36)22-12-13-24(34)31-26(22)35/h6-8,10-11,22,29H,4-5,9,12-15H2,1-3H3,(H,30,33)(H,31,34,35). The minimum Gasteiger partial charge on any atom is -0.384 e. The van der Waals surface area contributed by atoms with Crippen LogP contribution in [0, 0.1) is 20.8 Å². The Kier molecular flexibility index (Phi) is 7.71. The number of benzene rings is 2. The van der Waals surface area contributed by atoms with E-state index in [1.54, 1.807) is 18.2 Å². The van der Waals surface area contributed by atoms with Gasteiger partial charge in [-0.25, -0.2) is 0 Å². The molecule has 0 saturated carbocycles. The van der Waals surface area contributed by atoms with E-state index in [1.165, 1.54) is 16.7 Å². The maximum absolute atomic E-state index is 13.1. The second kappa shape index (κ2) is 10.9. The number of anilines is 1. The summed E-state index contributed by atoms with van der Waals surface area (Å²) in [6.07, 6.45) is 1.93. The van der Waals surface area contributed by atoms with Crippen LogP contribution in [-0.4, -0.2) is 47.0 Å². The molecule has 3 N–H and O–H groups in total. The van der Waals surface area contributed by atoms with Crippen molar-refractivity contribution in [2.75, 3.05) is 11.9 Å². The van der Waals surface area contributed by atoms with E-state index in [-0.39, 0.29) is 29.9 Å². The summed E-state index contributed by atoms with van der Waals surface area (Å²) >= 11 is 0. The molecule has 194 valence electrons. The number of aryl methyl sites for hydroxylation is 1. The summed E-state index contributed by atoms with van der Waals surface area (Å²) in [4.78, 5) is 63.0. The van der Waals surface area contributed by atoms with Crippen molar-refractivity contribution in [1.29, 1.82) is 0 Å². The first-order valence-electron chi connectivity index (χ1n) is 12.6. The largest absolute Gasteiger partial charge is 0.384 e. The zero-order chi connectivity index (χ0) is 26.7. The lowest BCUT2D eigenvalue weighted by molar-refractivity contribution is -0.136. The summed E-state index contributed by atoms with van der Waals surface area (Å²) in [5, 5.41) is 8.38. The minimum atomic E-state index is -0.996. The van der Waals surface area contributed by atoms with E-state index in [9.17, 15) is 24.0 Å². The molecule has 1 atom stereocenters. The lowest BCUT2D eigenvalue weighted by atomic mass is 9.99. The summed E-state index contributed by atoms with van der Waals surface area (Å²) < 4.78 is 0. The lowest BCUT2D eigenvalue weighted by Crippen LogP contribution is -2.54. The Bertz CT molecular complexity index is 1290.